The highest BCUT2D eigenvalue weighted by molar-refractivity contribution is 6.06. The molecule has 0 unspecified atom stereocenters. The Morgan fingerprint density at radius 2 is 1.21 bits per heavy atom. The number of benzene rings is 3. The number of carbonyl (C=O) groups excluding carboxylic acids is 2. The number of rotatable bonds is 6. The topological polar surface area (TPSA) is 88.7 Å². The standard InChI is InChI=1S/C22H21N3O4/c1-28-19-14-18(25-22(27)23-16-11-7-4-8-12-16)20(29-2)13-17(19)24-21(26)15-9-5-3-6-10-15/h3-14H,1-2H3,(H,24,26)(H2,23,25,27). The van der Waals surface area contributed by atoms with Crippen LogP contribution in [0, 0.1) is 0 Å². The second-order valence-corrected chi connectivity index (χ2v) is 6.02. The van der Waals surface area contributed by atoms with E-state index in [0.29, 0.717) is 34.1 Å². The highest BCUT2D eigenvalue weighted by Gasteiger charge is 2.16. The van der Waals surface area contributed by atoms with Crippen LogP contribution in [0.2, 0.25) is 0 Å². The number of anilines is 3. The molecule has 0 bridgehead atoms. The van der Waals surface area contributed by atoms with Crippen LogP contribution >= 0.6 is 0 Å². The molecule has 148 valence electrons. The first kappa shape index (κ1) is 19.8. The summed E-state index contributed by atoms with van der Waals surface area (Å²) in [6, 6.07) is 20.6. The first-order valence-electron chi connectivity index (χ1n) is 8.86. The molecule has 3 rings (SSSR count). The van der Waals surface area contributed by atoms with Gasteiger partial charge in [-0.2, -0.15) is 0 Å². The van der Waals surface area contributed by atoms with Gasteiger partial charge < -0.3 is 25.4 Å². The third kappa shape index (κ3) is 5.04. The molecule has 0 fully saturated rings. The lowest BCUT2D eigenvalue weighted by atomic mass is 10.2. The van der Waals surface area contributed by atoms with Crippen LogP contribution in [0.25, 0.3) is 0 Å². The van der Waals surface area contributed by atoms with Crippen LogP contribution in [0.4, 0.5) is 21.9 Å². The molecule has 3 aromatic rings. The number of nitrogens with one attached hydrogen (secondary N) is 3. The fraction of sp³-hybridized carbons (Fsp3) is 0.0909. The molecule has 0 aliphatic rings. The molecule has 3 aromatic carbocycles. The van der Waals surface area contributed by atoms with E-state index in [1.54, 1.807) is 48.5 Å². The number of para-hydroxylation sites is 1. The van der Waals surface area contributed by atoms with E-state index in [4.69, 9.17) is 9.47 Å². The van der Waals surface area contributed by atoms with Gasteiger partial charge in [-0.15, -0.1) is 0 Å². The summed E-state index contributed by atoms with van der Waals surface area (Å²) in [4.78, 5) is 24.8. The van der Waals surface area contributed by atoms with E-state index in [1.807, 2.05) is 24.3 Å². The second kappa shape index (κ2) is 9.27. The number of amides is 3. The van der Waals surface area contributed by atoms with Crippen molar-refractivity contribution in [2.45, 2.75) is 0 Å². The summed E-state index contributed by atoms with van der Waals surface area (Å²) in [6.07, 6.45) is 0. The summed E-state index contributed by atoms with van der Waals surface area (Å²) in [5.41, 5.74) is 1.99. The van der Waals surface area contributed by atoms with Gasteiger partial charge in [0.15, 0.2) is 0 Å². The van der Waals surface area contributed by atoms with Crippen molar-refractivity contribution in [2.24, 2.45) is 0 Å². The predicted octanol–water partition coefficient (Wildman–Crippen LogP) is 4.60. The van der Waals surface area contributed by atoms with Gasteiger partial charge in [0, 0.05) is 23.4 Å². The van der Waals surface area contributed by atoms with Gasteiger partial charge in [-0.25, -0.2) is 4.79 Å². The van der Waals surface area contributed by atoms with Crippen molar-refractivity contribution in [1.29, 1.82) is 0 Å². The Morgan fingerprint density at radius 3 is 1.76 bits per heavy atom. The van der Waals surface area contributed by atoms with Crippen molar-refractivity contribution in [3.05, 3.63) is 78.4 Å². The Balaban J connectivity index is 1.80. The minimum absolute atomic E-state index is 0.284. The molecule has 0 radical (unpaired) electrons. The van der Waals surface area contributed by atoms with Gasteiger partial charge >= 0.3 is 6.03 Å². The summed E-state index contributed by atoms with van der Waals surface area (Å²) >= 11 is 0. The number of hydrogen-bond donors (Lipinski definition) is 3. The minimum atomic E-state index is -0.433. The molecule has 0 saturated carbocycles. The molecule has 0 atom stereocenters. The largest absolute Gasteiger partial charge is 0.494 e. The van der Waals surface area contributed by atoms with Gasteiger partial charge in [-0.1, -0.05) is 36.4 Å². The molecular formula is C22H21N3O4. The van der Waals surface area contributed by atoms with Gasteiger partial charge in [0.25, 0.3) is 5.91 Å². The number of hydrogen-bond acceptors (Lipinski definition) is 4. The summed E-state index contributed by atoms with van der Waals surface area (Å²) < 4.78 is 10.8. The molecule has 29 heavy (non-hydrogen) atoms. The average Bonchev–Trinajstić information content (AvgIpc) is 2.75. The first-order valence-corrected chi connectivity index (χ1v) is 8.86. The van der Waals surface area contributed by atoms with Crippen LogP contribution < -0.4 is 25.4 Å². The summed E-state index contributed by atoms with van der Waals surface area (Å²) in [6.45, 7) is 0. The zero-order valence-electron chi connectivity index (χ0n) is 16.1. The SMILES string of the molecule is COc1cc(NC(=O)c2ccccc2)c(OC)cc1NC(=O)Nc1ccccc1. The smallest absolute Gasteiger partial charge is 0.323 e. The maximum absolute atomic E-state index is 12.5. The number of urea groups is 1. The normalized spacial score (nSPS) is 10.0. The van der Waals surface area contributed by atoms with E-state index >= 15 is 0 Å². The molecule has 3 N–H and O–H groups in total. The second-order valence-electron chi connectivity index (χ2n) is 6.02. The fourth-order valence-electron chi connectivity index (χ4n) is 2.68. The molecule has 7 heteroatoms. The van der Waals surface area contributed by atoms with Crippen molar-refractivity contribution in [2.75, 3.05) is 30.2 Å². The molecule has 0 aliphatic heterocycles. The molecule has 0 aliphatic carbocycles. The zero-order valence-corrected chi connectivity index (χ0v) is 16.1. The van der Waals surface area contributed by atoms with Crippen molar-refractivity contribution in [3.63, 3.8) is 0 Å². The Bertz CT molecular complexity index is 992. The van der Waals surface area contributed by atoms with E-state index in [-0.39, 0.29) is 5.91 Å². The van der Waals surface area contributed by atoms with Crippen molar-refractivity contribution in [1.82, 2.24) is 0 Å². The molecule has 0 spiro atoms. The lowest BCUT2D eigenvalue weighted by Crippen LogP contribution is -2.20. The molecule has 0 aromatic heterocycles. The molecule has 3 amide bonds. The maximum atomic E-state index is 12.5. The molecule has 0 heterocycles. The average molecular weight is 391 g/mol. The lowest BCUT2D eigenvalue weighted by molar-refractivity contribution is 0.102. The number of carbonyl (C=O) groups is 2. The maximum Gasteiger partial charge on any atom is 0.323 e. The lowest BCUT2D eigenvalue weighted by Gasteiger charge is -2.16. The summed E-state index contributed by atoms with van der Waals surface area (Å²) in [5.74, 6) is 0.468. The van der Waals surface area contributed by atoms with Crippen molar-refractivity contribution >= 4 is 29.0 Å². The number of ether oxygens (including phenoxy) is 2. The van der Waals surface area contributed by atoms with E-state index in [1.165, 1.54) is 14.2 Å². The predicted molar refractivity (Wildman–Crippen MR) is 113 cm³/mol. The Hall–Kier alpha value is -4.00. The zero-order chi connectivity index (χ0) is 20.6. The van der Waals surface area contributed by atoms with Crippen LogP contribution in [0.5, 0.6) is 11.5 Å². The Kier molecular flexibility index (Phi) is 6.32. The van der Waals surface area contributed by atoms with Crippen LogP contribution in [0.1, 0.15) is 10.4 Å². The molecular weight excluding hydrogens is 370 g/mol. The third-order valence-corrected chi connectivity index (χ3v) is 4.09. The van der Waals surface area contributed by atoms with E-state index in [9.17, 15) is 9.59 Å². The van der Waals surface area contributed by atoms with Gasteiger partial charge in [-0.05, 0) is 24.3 Å². The van der Waals surface area contributed by atoms with Gasteiger partial charge in [0.1, 0.15) is 11.5 Å². The summed E-state index contributed by atoms with van der Waals surface area (Å²) in [7, 11) is 2.96. The summed E-state index contributed by atoms with van der Waals surface area (Å²) in [5, 5.41) is 8.26. The van der Waals surface area contributed by atoms with E-state index in [2.05, 4.69) is 16.0 Å². The van der Waals surface area contributed by atoms with Gasteiger partial charge in [-0.3, -0.25) is 4.79 Å². The van der Waals surface area contributed by atoms with E-state index < -0.39 is 6.03 Å². The van der Waals surface area contributed by atoms with Crippen LogP contribution in [-0.2, 0) is 0 Å². The van der Waals surface area contributed by atoms with Crippen molar-refractivity contribution < 1.29 is 19.1 Å². The van der Waals surface area contributed by atoms with Gasteiger partial charge in [0.2, 0.25) is 0 Å². The highest BCUT2D eigenvalue weighted by atomic mass is 16.5. The fourth-order valence-corrected chi connectivity index (χ4v) is 2.68. The third-order valence-electron chi connectivity index (χ3n) is 4.09. The Labute approximate surface area is 168 Å². The minimum Gasteiger partial charge on any atom is -0.494 e. The molecule has 0 saturated heterocycles. The number of methoxy groups -OCH3 is 2. The monoisotopic (exact) mass is 391 g/mol. The van der Waals surface area contributed by atoms with Crippen LogP contribution in [0.15, 0.2) is 72.8 Å². The molecule has 7 nitrogen and oxygen atoms in total. The van der Waals surface area contributed by atoms with E-state index in [0.717, 1.165) is 0 Å². The first-order chi connectivity index (χ1) is 14.1. The van der Waals surface area contributed by atoms with Crippen LogP contribution in [-0.4, -0.2) is 26.2 Å². The quantitative estimate of drug-likeness (QED) is 0.573. The Morgan fingerprint density at radius 1 is 0.690 bits per heavy atom. The van der Waals surface area contributed by atoms with Crippen LogP contribution in [0.3, 0.4) is 0 Å². The van der Waals surface area contributed by atoms with Crippen molar-refractivity contribution in [3.8, 4) is 11.5 Å². The van der Waals surface area contributed by atoms with Gasteiger partial charge in [0.05, 0.1) is 25.6 Å². The highest BCUT2D eigenvalue weighted by Crippen LogP contribution is 2.36.